The Labute approximate surface area is 164 Å². The molecular formula is C23H33N3O. The van der Waals surface area contributed by atoms with E-state index in [-0.39, 0.29) is 5.91 Å². The topological polar surface area (TPSA) is 45.2 Å². The van der Waals surface area contributed by atoms with Crippen LogP contribution in [0.5, 0.6) is 0 Å². The number of amides is 1. The summed E-state index contributed by atoms with van der Waals surface area (Å²) in [7, 11) is 1.88. The van der Waals surface area contributed by atoms with Gasteiger partial charge >= 0.3 is 0 Å². The Balaban J connectivity index is 1.90. The van der Waals surface area contributed by atoms with Crippen molar-refractivity contribution in [3.63, 3.8) is 0 Å². The van der Waals surface area contributed by atoms with Crippen molar-refractivity contribution in [3.05, 3.63) is 59.4 Å². The fourth-order valence-electron chi connectivity index (χ4n) is 3.21. The van der Waals surface area contributed by atoms with E-state index < -0.39 is 0 Å². The lowest BCUT2D eigenvalue weighted by Crippen LogP contribution is -2.30. The summed E-state index contributed by atoms with van der Waals surface area (Å²) in [6.45, 7) is 10.2. The molecule has 0 spiro atoms. The van der Waals surface area contributed by atoms with Crippen LogP contribution in [0.4, 0.5) is 5.69 Å². The van der Waals surface area contributed by atoms with Crippen LogP contribution in [-0.2, 0) is 11.2 Å². The van der Waals surface area contributed by atoms with Crippen LogP contribution >= 0.6 is 0 Å². The van der Waals surface area contributed by atoms with Gasteiger partial charge in [0.05, 0.1) is 0 Å². The predicted octanol–water partition coefficient (Wildman–Crippen LogP) is 4.83. The minimum absolute atomic E-state index is 0.171. The minimum atomic E-state index is 0.171. The highest BCUT2D eigenvalue weighted by atomic mass is 16.2. The molecule has 0 fully saturated rings. The third-order valence-corrected chi connectivity index (χ3v) is 4.92. The van der Waals surface area contributed by atoms with Crippen molar-refractivity contribution in [2.75, 3.05) is 25.5 Å². The average molecular weight is 368 g/mol. The maximum atomic E-state index is 12.5. The van der Waals surface area contributed by atoms with Gasteiger partial charge in [-0.2, -0.15) is 0 Å². The number of aromatic nitrogens is 1. The Bertz CT molecular complexity index is 699. The normalized spacial score (nSPS) is 11.1. The average Bonchev–Trinajstić information content (AvgIpc) is 2.66. The van der Waals surface area contributed by atoms with Crippen molar-refractivity contribution >= 4 is 11.6 Å². The monoisotopic (exact) mass is 367 g/mol. The SMILES string of the molecule is CC(C)c1cccc(C(C)C)c1NCCC(=O)N(C)CCc1ccncc1. The molecule has 0 saturated carbocycles. The number of carbonyl (C=O) groups excluding carboxylic acids is 1. The first-order valence-corrected chi connectivity index (χ1v) is 9.89. The second-order valence-corrected chi connectivity index (χ2v) is 7.72. The fourth-order valence-corrected chi connectivity index (χ4v) is 3.21. The zero-order valence-electron chi connectivity index (χ0n) is 17.3. The zero-order chi connectivity index (χ0) is 19.8. The molecule has 0 atom stereocenters. The molecule has 0 unspecified atom stereocenters. The number of rotatable bonds is 9. The van der Waals surface area contributed by atoms with Gasteiger partial charge in [-0.05, 0) is 47.1 Å². The van der Waals surface area contributed by atoms with Gasteiger partial charge in [0.15, 0.2) is 0 Å². The molecular weight excluding hydrogens is 334 g/mol. The molecule has 1 heterocycles. The van der Waals surface area contributed by atoms with Gasteiger partial charge in [0.2, 0.25) is 5.91 Å². The summed E-state index contributed by atoms with van der Waals surface area (Å²) >= 11 is 0. The van der Waals surface area contributed by atoms with E-state index in [9.17, 15) is 4.79 Å². The number of benzene rings is 1. The third kappa shape index (κ3) is 6.09. The number of nitrogens with one attached hydrogen (secondary N) is 1. The van der Waals surface area contributed by atoms with Crippen molar-refractivity contribution in [1.82, 2.24) is 9.88 Å². The van der Waals surface area contributed by atoms with Crippen LogP contribution in [0.1, 0.15) is 62.6 Å². The summed E-state index contributed by atoms with van der Waals surface area (Å²) in [6, 6.07) is 10.5. The predicted molar refractivity (Wildman–Crippen MR) is 113 cm³/mol. The Morgan fingerprint density at radius 3 is 2.19 bits per heavy atom. The maximum Gasteiger partial charge on any atom is 0.224 e. The van der Waals surface area contributed by atoms with E-state index in [1.165, 1.54) is 22.4 Å². The molecule has 0 bridgehead atoms. The van der Waals surface area contributed by atoms with Crippen molar-refractivity contribution in [2.24, 2.45) is 0 Å². The number of pyridine rings is 1. The highest BCUT2D eigenvalue weighted by Crippen LogP contribution is 2.32. The highest BCUT2D eigenvalue weighted by molar-refractivity contribution is 5.76. The quantitative estimate of drug-likeness (QED) is 0.690. The molecule has 1 aromatic carbocycles. The van der Waals surface area contributed by atoms with E-state index in [4.69, 9.17) is 0 Å². The third-order valence-electron chi connectivity index (χ3n) is 4.92. The highest BCUT2D eigenvalue weighted by Gasteiger charge is 2.14. The summed E-state index contributed by atoms with van der Waals surface area (Å²) in [4.78, 5) is 18.3. The fraction of sp³-hybridized carbons (Fsp3) is 0.478. The van der Waals surface area contributed by atoms with Gasteiger partial charge in [-0.3, -0.25) is 9.78 Å². The van der Waals surface area contributed by atoms with E-state index in [0.29, 0.717) is 24.8 Å². The summed E-state index contributed by atoms with van der Waals surface area (Å²) in [5.41, 5.74) is 5.05. The molecule has 2 rings (SSSR count). The van der Waals surface area contributed by atoms with Crippen LogP contribution in [0.15, 0.2) is 42.7 Å². The van der Waals surface area contributed by atoms with Crippen LogP contribution in [0.2, 0.25) is 0 Å². The first-order valence-electron chi connectivity index (χ1n) is 9.89. The molecule has 1 N–H and O–H groups in total. The summed E-state index contributed by atoms with van der Waals surface area (Å²) in [5, 5.41) is 3.55. The molecule has 0 radical (unpaired) electrons. The molecule has 4 heteroatoms. The second kappa shape index (κ2) is 10.1. The second-order valence-electron chi connectivity index (χ2n) is 7.72. The number of carbonyl (C=O) groups is 1. The van der Waals surface area contributed by atoms with Gasteiger partial charge in [0, 0.05) is 44.6 Å². The van der Waals surface area contributed by atoms with E-state index in [1.54, 1.807) is 12.4 Å². The Hall–Kier alpha value is -2.36. The van der Waals surface area contributed by atoms with Crippen LogP contribution in [-0.4, -0.2) is 35.9 Å². The van der Waals surface area contributed by atoms with Gasteiger partial charge in [0.1, 0.15) is 0 Å². The molecule has 0 aliphatic carbocycles. The van der Waals surface area contributed by atoms with Gasteiger partial charge in [-0.25, -0.2) is 0 Å². The molecule has 1 aromatic heterocycles. The zero-order valence-corrected chi connectivity index (χ0v) is 17.3. The van der Waals surface area contributed by atoms with Crippen molar-refractivity contribution in [1.29, 1.82) is 0 Å². The molecule has 27 heavy (non-hydrogen) atoms. The summed E-state index contributed by atoms with van der Waals surface area (Å²) in [6.07, 6.45) is 4.93. The Morgan fingerprint density at radius 2 is 1.63 bits per heavy atom. The number of hydrogen-bond donors (Lipinski definition) is 1. The van der Waals surface area contributed by atoms with Crippen molar-refractivity contribution in [3.8, 4) is 0 Å². The van der Waals surface area contributed by atoms with Crippen molar-refractivity contribution in [2.45, 2.75) is 52.4 Å². The first kappa shape index (κ1) is 20.9. The molecule has 0 aliphatic rings. The first-order chi connectivity index (χ1) is 12.9. The van der Waals surface area contributed by atoms with Crippen LogP contribution < -0.4 is 5.32 Å². The molecule has 146 valence electrons. The standard InChI is InChI=1S/C23H33N3O/c1-17(2)20-7-6-8-21(18(3)4)23(20)25-15-11-22(27)26(5)16-12-19-9-13-24-14-10-19/h6-10,13-14,17-18,25H,11-12,15-16H2,1-5H3. The maximum absolute atomic E-state index is 12.5. The number of nitrogens with zero attached hydrogens (tertiary/aromatic N) is 2. The molecule has 0 saturated heterocycles. The van der Waals surface area contributed by atoms with E-state index in [1.807, 2.05) is 24.1 Å². The van der Waals surface area contributed by atoms with Gasteiger partial charge in [0.25, 0.3) is 0 Å². The van der Waals surface area contributed by atoms with Gasteiger partial charge < -0.3 is 10.2 Å². The number of likely N-dealkylation sites (N-methyl/N-ethyl adjacent to an activating group) is 1. The molecule has 4 nitrogen and oxygen atoms in total. The van der Waals surface area contributed by atoms with Crippen LogP contribution in [0, 0.1) is 0 Å². The lowest BCUT2D eigenvalue weighted by atomic mass is 9.92. The minimum Gasteiger partial charge on any atom is -0.384 e. The lowest BCUT2D eigenvalue weighted by Gasteiger charge is -2.22. The van der Waals surface area contributed by atoms with E-state index >= 15 is 0 Å². The smallest absolute Gasteiger partial charge is 0.224 e. The number of anilines is 1. The summed E-state index contributed by atoms with van der Waals surface area (Å²) in [5.74, 6) is 1.07. The largest absolute Gasteiger partial charge is 0.384 e. The number of hydrogen-bond acceptors (Lipinski definition) is 3. The molecule has 0 aliphatic heterocycles. The van der Waals surface area contributed by atoms with Gasteiger partial charge in [-0.1, -0.05) is 45.9 Å². The van der Waals surface area contributed by atoms with Gasteiger partial charge in [-0.15, -0.1) is 0 Å². The van der Waals surface area contributed by atoms with E-state index in [0.717, 1.165) is 13.0 Å². The summed E-state index contributed by atoms with van der Waals surface area (Å²) < 4.78 is 0. The van der Waals surface area contributed by atoms with Crippen LogP contribution in [0.3, 0.4) is 0 Å². The van der Waals surface area contributed by atoms with Crippen molar-refractivity contribution < 1.29 is 4.79 Å². The van der Waals surface area contributed by atoms with Crippen LogP contribution in [0.25, 0.3) is 0 Å². The molecule has 2 aromatic rings. The molecule has 1 amide bonds. The number of para-hydroxylation sites is 1. The Kier molecular flexibility index (Phi) is 7.83. The lowest BCUT2D eigenvalue weighted by molar-refractivity contribution is -0.129. The Morgan fingerprint density at radius 1 is 1.04 bits per heavy atom. The van der Waals surface area contributed by atoms with E-state index in [2.05, 4.69) is 56.2 Å².